The minimum absolute atomic E-state index is 1.12. The lowest BCUT2D eigenvalue weighted by molar-refractivity contribution is 0.211. The lowest BCUT2D eigenvalue weighted by Crippen LogP contribution is -2.37. The van der Waals surface area contributed by atoms with Gasteiger partial charge in [0.15, 0.2) is 0 Å². The normalized spacial score (nSPS) is 19.0. The smallest absolute Gasteiger partial charge is 0.0237 e. The maximum atomic E-state index is 2.63. The van der Waals surface area contributed by atoms with Crippen LogP contribution in [0, 0.1) is 0 Å². The van der Waals surface area contributed by atoms with Crippen LogP contribution < -0.4 is 0 Å². The first kappa shape index (κ1) is 14.9. The van der Waals surface area contributed by atoms with Crippen molar-refractivity contribution in [3.8, 4) is 11.1 Å². The van der Waals surface area contributed by atoms with Gasteiger partial charge in [-0.25, -0.2) is 0 Å². The molecule has 0 atom stereocenters. The van der Waals surface area contributed by atoms with Crippen molar-refractivity contribution in [1.29, 1.82) is 0 Å². The van der Waals surface area contributed by atoms with Crippen LogP contribution in [0.2, 0.25) is 0 Å². The highest BCUT2D eigenvalue weighted by molar-refractivity contribution is 5.65. The molecule has 0 aromatic heterocycles. The summed E-state index contributed by atoms with van der Waals surface area (Å²) in [6.07, 6.45) is 3.98. The molecule has 0 spiro atoms. The van der Waals surface area contributed by atoms with Crippen LogP contribution in [0.5, 0.6) is 0 Å². The molecule has 2 nitrogen and oxygen atoms in total. The van der Waals surface area contributed by atoms with Crippen molar-refractivity contribution in [2.45, 2.75) is 25.8 Å². The highest BCUT2D eigenvalue weighted by Crippen LogP contribution is 2.26. The van der Waals surface area contributed by atoms with E-state index >= 15 is 0 Å². The van der Waals surface area contributed by atoms with Crippen molar-refractivity contribution in [1.82, 2.24) is 9.80 Å². The maximum absolute atomic E-state index is 2.63. The second-order valence-corrected chi connectivity index (χ2v) is 6.92. The Morgan fingerprint density at radius 2 is 1.48 bits per heavy atom. The van der Waals surface area contributed by atoms with Crippen molar-refractivity contribution in [2.24, 2.45) is 0 Å². The largest absolute Gasteiger partial charge is 0.302 e. The van der Waals surface area contributed by atoms with Crippen molar-refractivity contribution in [3.05, 3.63) is 59.7 Å². The second kappa shape index (κ2) is 6.86. The Balaban J connectivity index is 1.42. The summed E-state index contributed by atoms with van der Waals surface area (Å²) in [6.45, 7) is 7.42. The maximum Gasteiger partial charge on any atom is 0.0237 e. The molecule has 2 heterocycles. The molecular formula is C21H26N2. The van der Waals surface area contributed by atoms with E-state index in [4.69, 9.17) is 0 Å². The first-order valence-corrected chi connectivity index (χ1v) is 9.00. The Morgan fingerprint density at radius 3 is 2.30 bits per heavy atom. The molecule has 2 aromatic carbocycles. The monoisotopic (exact) mass is 306 g/mol. The zero-order chi connectivity index (χ0) is 15.5. The molecule has 0 N–H and O–H groups in total. The predicted octanol–water partition coefficient (Wildman–Crippen LogP) is 3.81. The number of hydrogen-bond donors (Lipinski definition) is 0. The Morgan fingerprint density at radius 1 is 0.696 bits per heavy atom. The Hall–Kier alpha value is -1.64. The van der Waals surface area contributed by atoms with Gasteiger partial charge in [-0.1, -0.05) is 48.5 Å². The van der Waals surface area contributed by atoms with Gasteiger partial charge in [0.05, 0.1) is 0 Å². The van der Waals surface area contributed by atoms with E-state index in [-0.39, 0.29) is 0 Å². The first-order chi connectivity index (χ1) is 11.4. The van der Waals surface area contributed by atoms with Gasteiger partial charge in [0.2, 0.25) is 0 Å². The summed E-state index contributed by atoms with van der Waals surface area (Å²) in [5.41, 5.74) is 5.75. The summed E-state index contributed by atoms with van der Waals surface area (Å²) in [5.74, 6) is 0. The molecule has 2 heteroatoms. The van der Waals surface area contributed by atoms with Gasteiger partial charge in [0, 0.05) is 26.2 Å². The summed E-state index contributed by atoms with van der Waals surface area (Å²) in [4.78, 5) is 5.25. The summed E-state index contributed by atoms with van der Waals surface area (Å²) in [5, 5.41) is 0. The van der Waals surface area contributed by atoms with Gasteiger partial charge in [-0.2, -0.15) is 0 Å². The van der Waals surface area contributed by atoms with Crippen LogP contribution >= 0.6 is 0 Å². The van der Waals surface area contributed by atoms with Crippen LogP contribution in [-0.2, 0) is 13.0 Å². The Labute approximate surface area is 139 Å². The van der Waals surface area contributed by atoms with Gasteiger partial charge in [0.1, 0.15) is 0 Å². The van der Waals surface area contributed by atoms with Crippen LogP contribution in [0.25, 0.3) is 11.1 Å². The van der Waals surface area contributed by atoms with Crippen LogP contribution in [0.1, 0.15) is 24.0 Å². The molecule has 0 unspecified atom stereocenters. The van der Waals surface area contributed by atoms with Gasteiger partial charge in [0.25, 0.3) is 0 Å². The highest BCUT2D eigenvalue weighted by atomic mass is 15.2. The number of rotatable bonds is 4. The Bertz CT molecular complexity index is 644. The van der Waals surface area contributed by atoms with E-state index in [0.717, 1.165) is 6.54 Å². The van der Waals surface area contributed by atoms with E-state index in [1.54, 1.807) is 5.56 Å². The zero-order valence-corrected chi connectivity index (χ0v) is 13.9. The van der Waals surface area contributed by atoms with Crippen molar-refractivity contribution in [2.75, 3.05) is 32.7 Å². The van der Waals surface area contributed by atoms with E-state index in [9.17, 15) is 0 Å². The summed E-state index contributed by atoms with van der Waals surface area (Å²) < 4.78 is 0. The fourth-order valence-corrected chi connectivity index (χ4v) is 3.90. The number of benzene rings is 2. The molecule has 23 heavy (non-hydrogen) atoms. The Kier molecular flexibility index (Phi) is 4.45. The van der Waals surface area contributed by atoms with E-state index in [2.05, 4.69) is 58.3 Å². The van der Waals surface area contributed by atoms with Crippen LogP contribution in [0.4, 0.5) is 0 Å². The van der Waals surface area contributed by atoms with Gasteiger partial charge >= 0.3 is 0 Å². The fraction of sp³-hybridized carbons (Fsp3) is 0.429. The lowest BCUT2D eigenvalue weighted by atomic mass is 9.94. The number of hydrogen-bond acceptors (Lipinski definition) is 2. The molecule has 0 radical (unpaired) electrons. The third kappa shape index (κ3) is 3.49. The predicted molar refractivity (Wildman–Crippen MR) is 96.5 cm³/mol. The van der Waals surface area contributed by atoms with Crippen molar-refractivity contribution in [3.63, 3.8) is 0 Å². The average Bonchev–Trinajstić information content (AvgIpc) is 3.14. The van der Waals surface area contributed by atoms with Crippen LogP contribution in [0.3, 0.4) is 0 Å². The van der Waals surface area contributed by atoms with E-state index in [1.807, 2.05) is 0 Å². The lowest BCUT2D eigenvalue weighted by Gasteiger charge is -2.30. The number of fused-ring (bicyclic) bond motifs is 1. The van der Waals surface area contributed by atoms with Crippen molar-refractivity contribution >= 4 is 0 Å². The number of nitrogens with zero attached hydrogens (tertiary/aromatic N) is 2. The molecule has 1 fully saturated rings. The third-order valence-electron chi connectivity index (χ3n) is 5.34. The molecule has 2 aliphatic rings. The minimum Gasteiger partial charge on any atom is -0.302 e. The zero-order valence-electron chi connectivity index (χ0n) is 13.9. The van der Waals surface area contributed by atoms with E-state index in [0.29, 0.717) is 0 Å². The molecular weight excluding hydrogens is 280 g/mol. The third-order valence-corrected chi connectivity index (χ3v) is 5.34. The van der Waals surface area contributed by atoms with E-state index < -0.39 is 0 Å². The molecule has 0 amide bonds. The molecule has 2 aromatic rings. The molecule has 0 aliphatic carbocycles. The van der Waals surface area contributed by atoms with Gasteiger partial charge in [-0.3, -0.25) is 4.90 Å². The standard InChI is InChI=1S/C21H26N2/c1-2-6-18(7-3-1)19-8-9-21-17-23(13-10-20(21)16-19)15-14-22-11-4-5-12-22/h1-3,6-9,16H,4-5,10-15,17H2. The molecule has 4 rings (SSSR count). The molecule has 120 valence electrons. The molecule has 0 saturated carbocycles. The quantitative estimate of drug-likeness (QED) is 0.847. The summed E-state index contributed by atoms with van der Waals surface area (Å²) in [6, 6.07) is 17.8. The highest BCUT2D eigenvalue weighted by Gasteiger charge is 2.18. The van der Waals surface area contributed by atoms with Gasteiger partial charge in [-0.05, 0) is 54.6 Å². The molecule has 2 aliphatic heterocycles. The van der Waals surface area contributed by atoms with Gasteiger partial charge in [-0.15, -0.1) is 0 Å². The average molecular weight is 306 g/mol. The second-order valence-electron chi connectivity index (χ2n) is 6.92. The SMILES string of the molecule is c1ccc(-c2ccc3c(c2)CCN(CCN2CCCC2)C3)cc1. The number of likely N-dealkylation sites (tertiary alicyclic amines) is 1. The molecule has 0 bridgehead atoms. The van der Waals surface area contributed by atoms with Crippen LogP contribution in [-0.4, -0.2) is 42.5 Å². The topological polar surface area (TPSA) is 6.48 Å². The minimum atomic E-state index is 1.12. The fourth-order valence-electron chi connectivity index (χ4n) is 3.90. The van der Waals surface area contributed by atoms with Gasteiger partial charge < -0.3 is 4.90 Å². The first-order valence-electron chi connectivity index (χ1n) is 9.00. The van der Waals surface area contributed by atoms with Crippen molar-refractivity contribution < 1.29 is 0 Å². The molecule has 1 saturated heterocycles. The van der Waals surface area contributed by atoms with E-state index in [1.165, 1.54) is 68.7 Å². The summed E-state index contributed by atoms with van der Waals surface area (Å²) >= 11 is 0. The van der Waals surface area contributed by atoms with Crippen LogP contribution in [0.15, 0.2) is 48.5 Å². The summed E-state index contributed by atoms with van der Waals surface area (Å²) in [7, 11) is 0.